The molecule has 0 aromatic heterocycles. The minimum absolute atomic E-state index is 0.0952. The lowest BCUT2D eigenvalue weighted by atomic mass is 9.75. The topological polar surface area (TPSA) is 71.1 Å². The van der Waals surface area contributed by atoms with Crippen LogP contribution in [0.5, 0.6) is 11.5 Å². The molecule has 1 aromatic carbocycles. The number of rotatable bonds is 6. The van der Waals surface area contributed by atoms with Gasteiger partial charge in [0.2, 0.25) is 6.79 Å². The van der Waals surface area contributed by atoms with Gasteiger partial charge in [0.15, 0.2) is 11.5 Å². The molecule has 0 aliphatic carbocycles. The van der Waals surface area contributed by atoms with Crippen molar-refractivity contribution >= 4 is 11.9 Å². The fourth-order valence-electron chi connectivity index (χ4n) is 4.74. The van der Waals surface area contributed by atoms with E-state index in [1.807, 2.05) is 26.0 Å². The summed E-state index contributed by atoms with van der Waals surface area (Å²) in [7, 11) is 0. The minimum Gasteiger partial charge on any atom is -0.454 e. The lowest BCUT2D eigenvalue weighted by molar-refractivity contribution is -0.134. The van der Waals surface area contributed by atoms with Crippen molar-refractivity contribution in [2.75, 3.05) is 26.4 Å². The minimum atomic E-state index is -0.780. The van der Waals surface area contributed by atoms with E-state index in [1.165, 1.54) is 10.5 Å². The molecule has 0 bridgehead atoms. The monoisotopic (exact) mass is 399 g/mol. The summed E-state index contributed by atoms with van der Waals surface area (Å²) in [4.78, 5) is 29.3. The Balaban J connectivity index is 1.40. The number of nitrogens with one attached hydrogen (secondary N) is 1. The highest BCUT2D eigenvalue weighted by atomic mass is 16.7. The molecule has 29 heavy (non-hydrogen) atoms. The van der Waals surface area contributed by atoms with Gasteiger partial charge >= 0.3 is 6.03 Å². The molecule has 1 N–H and O–H groups in total. The zero-order chi connectivity index (χ0) is 20.6. The number of carbonyl (C=O) groups excluding carboxylic acids is 2. The molecule has 3 heterocycles. The van der Waals surface area contributed by atoms with Crippen molar-refractivity contribution in [2.45, 2.75) is 45.2 Å². The van der Waals surface area contributed by atoms with Crippen LogP contribution in [0.25, 0.3) is 0 Å². The van der Waals surface area contributed by atoms with E-state index < -0.39 is 5.54 Å². The van der Waals surface area contributed by atoms with Crippen LogP contribution >= 0.6 is 0 Å². The van der Waals surface area contributed by atoms with Crippen molar-refractivity contribution in [2.24, 2.45) is 5.92 Å². The molecule has 2 fully saturated rings. The lowest BCUT2D eigenvalue weighted by Crippen LogP contribution is -2.55. The third-order valence-electron chi connectivity index (χ3n) is 6.32. The van der Waals surface area contributed by atoms with Gasteiger partial charge in [-0.25, -0.2) is 4.79 Å². The molecule has 1 atom stereocenters. The normalized spacial score (nSPS) is 24.8. The average molecular weight is 399 g/mol. The smallest absolute Gasteiger partial charge is 0.325 e. The first kappa shape index (κ1) is 19.8. The van der Waals surface area contributed by atoms with Crippen LogP contribution < -0.4 is 14.8 Å². The summed E-state index contributed by atoms with van der Waals surface area (Å²) >= 11 is 0. The fourth-order valence-corrected chi connectivity index (χ4v) is 4.74. The molecule has 2 saturated heterocycles. The maximum atomic E-state index is 13.1. The van der Waals surface area contributed by atoms with E-state index >= 15 is 0 Å². The zero-order valence-electron chi connectivity index (χ0n) is 17.2. The van der Waals surface area contributed by atoms with Crippen molar-refractivity contribution in [3.8, 4) is 11.5 Å². The summed E-state index contributed by atoms with van der Waals surface area (Å²) in [5, 5.41) is 3.03. The van der Waals surface area contributed by atoms with Crippen molar-refractivity contribution in [1.29, 1.82) is 0 Å². The molecule has 7 nitrogen and oxygen atoms in total. The number of piperidine rings is 1. The van der Waals surface area contributed by atoms with Crippen LogP contribution in [0.15, 0.2) is 30.4 Å². The van der Waals surface area contributed by atoms with E-state index in [9.17, 15) is 9.59 Å². The van der Waals surface area contributed by atoms with E-state index in [1.54, 1.807) is 0 Å². The molecule has 3 aliphatic rings. The molecule has 0 radical (unpaired) electrons. The van der Waals surface area contributed by atoms with Gasteiger partial charge in [-0.1, -0.05) is 25.1 Å². The van der Waals surface area contributed by atoms with Gasteiger partial charge in [0.25, 0.3) is 5.91 Å². The van der Waals surface area contributed by atoms with Gasteiger partial charge in [-0.15, -0.1) is 0 Å². The molecule has 0 spiro atoms. The molecule has 1 unspecified atom stereocenters. The number of carbonyl (C=O) groups is 2. The number of benzene rings is 1. The maximum absolute atomic E-state index is 13.1. The number of urea groups is 1. The fraction of sp³-hybridized carbons (Fsp3) is 0.545. The first-order valence-corrected chi connectivity index (χ1v) is 10.3. The number of fused-ring (bicyclic) bond motifs is 1. The zero-order valence-corrected chi connectivity index (χ0v) is 17.2. The number of ether oxygens (including phenoxy) is 2. The summed E-state index contributed by atoms with van der Waals surface area (Å²) in [6.07, 6.45) is 2.37. The third kappa shape index (κ3) is 3.59. The number of nitrogens with zero attached hydrogens (tertiary/aromatic N) is 2. The van der Waals surface area contributed by atoms with Crippen LogP contribution in [0.2, 0.25) is 0 Å². The second-order valence-electron chi connectivity index (χ2n) is 8.34. The Morgan fingerprint density at radius 1 is 1.24 bits per heavy atom. The molecule has 7 heteroatoms. The van der Waals surface area contributed by atoms with Crippen molar-refractivity contribution in [3.05, 3.63) is 35.9 Å². The molecule has 3 aliphatic heterocycles. The Morgan fingerprint density at radius 2 is 1.97 bits per heavy atom. The Hall–Kier alpha value is -2.54. The highest BCUT2D eigenvalue weighted by Crippen LogP contribution is 2.37. The van der Waals surface area contributed by atoms with Crippen LogP contribution in [0, 0.1) is 5.92 Å². The predicted octanol–water partition coefficient (Wildman–Crippen LogP) is 2.90. The van der Waals surface area contributed by atoms with Crippen LogP contribution in [0.4, 0.5) is 4.79 Å². The van der Waals surface area contributed by atoms with Gasteiger partial charge in [-0.05, 0) is 62.9 Å². The Labute approximate surface area is 171 Å². The number of likely N-dealkylation sites (tertiary alicyclic amines) is 1. The van der Waals surface area contributed by atoms with Crippen molar-refractivity contribution in [3.63, 3.8) is 0 Å². The van der Waals surface area contributed by atoms with E-state index in [-0.39, 0.29) is 31.2 Å². The Bertz CT molecular complexity index is 831. The number of amides is 3. The second-order valence-corrected chi connectivity index (χ2v) is 8.34. The largest absolute Gasteiger partial charge is 0.454 e. The van der Waals surface area contributed by atoms with Crippen LogP contribution in [0.3, 0.4) is 0 Å². The predicted molar refractivity (Wildman–Crippen MR) is 109 cm³/mol. The first-order chi connectivity index (χ1) is 13.9. The summed E-state index contributed by atoms with van der Waals surface area (Å²) in [6.45, 7) is 10.9. The number of hydrogen-bond acceptors (Lipinski definition) is 5. The highest BCUT2D eigenvalue weighted by Gasteiger charge is 2.54. The highest BCUT2D eigenvalue weighted by molar-refractivity contribution is 6.07. The summed E-state index contributed by atoms with van der Waals surface area (Å²) in [5.74, 6) is 1.65. The average Bonchev–Trinajstić information content (AvgIpc) is 3.26. The number of hydrogen-bond donors (Lipinski definition) is 1. The van der Waals surface area contributed by atoms with Gasteiger partial charge < -0.3 is 14.8 Å². The van der Waals surface area contributed by atoms with Crippen molar-refractivity contribution < 1.29 is 19.1 Å². The lowest BCUT2D eigenvalue weighted by Gasteiger charge is -2.40. The van der Waals surface area contributed by atoms with Crippen molar-refractivity contribution in [1.82, 2.24) is 15.1 Å². The van der Waals surface area contributed by atoms with Gasteiger partial charge in [-0.3, -0.25) is 14.6 Å². The van der Waals surface area contributed by atoms with E-state index in [4.69, 9.17) is 9.47 Å². The molecule has 0 saturated carbocycles. The quantitative estimate of drug-likeness (QED) is 0.588. The molecular formula is C22H29N3O4. The second kappa shape index (κ2) is 7.71. The first-order valence-electron chi connectivity index (χ1n) is 10.3. The standard InChI is InChI=1S/C22H29N3O4/c1-4-22(20(26)25(12-15(2)3)21(27)23-22)17-7-9-24(10-8-17)13-16-5-6-18-19(11-16)29-14-28-18/h5-6,11,17H,2,4,7-10,12-14H2,1,3H3,(H,23,27). The van der Waals surface area contributed by atoms with E-state index in [0.29, 0.717) is 6.42 Å². The van der Waals surface area contributed by atoms with Crippen LogP contribution in [0.1, 0.15) is 38.7 Å². The van der Waals surface area contributed by atoms with Gasteiger partial charge in [0, 0.05) is 6.54 Å². The van der Waals surface area contributed by atoms with Crippen LogP contribution in [-0.2, 0) is 11.3 Å². The third-order valence-corrected chi connectivity index (χ3v) is 6.32. The SMILES string of the molecule is C=C(C)CN1C(=O)NC(CC)(C2CCN(Cc3ccc4c(c3)OCO4)CC2)C1=O. The maximum Gasteiger partial charge on any atom is 0.325 e. The molecule has 4 rings (SSSR count). The van der Waals surface area contributed by atoms with Gasteiger partial charge in [-0.2, -0.15) is 0 Å². The number of imide groups is 1. The van der Waals surface area contributed by atoms with Crippen LogP contribution in [-0.4, -0.2) is 53.7 Å². The van der Waals surface area contributed by atoms with E-state index in [0.717, 1.165) is 49.5 Å². The van der Waals surface area contributed by atoms with Gasteiger partial charge in [0.05, 0.1) is 6.54 Å². The summed E-state index contributed by atoms with van der Waals surface area (Å²) in [5.41, 5.74) is 1.21. The Morgan fingerprint density at radius 3 is 2.66 bits per heavy atom. The molecule has 1 aromatic rings. The van der Waals surface area contributed by atoms with Gasteiger partial charge in [0.1, 0.15) is 5.54 Å². The summed E-state index contributed by atoms with van der Waals surface area (Å²) < 4.78 is 10.8. The summed E-state index contributed by atoms with van der Waals surface area (Å²) in [6, 6.07) is 5.78. The van der Waals surface area contributed by atoms with E-state index in [2.05, 4.69) is 22.9 Å². The molecular weight excluding hydrogens is 370 g/mol. The molecule has 3 amide bonds. The molecule has 156 valence electrons. The Kier molecular flexibility index (Phi) is 5.25.